The van der Waals surface area contributed by atoms with E-state index in [2.05, 4.69) is 0 Å². The van der Waals surface area contributed by atoms with Crippen molar-refractivity contribution in [1.29, 1.82) is 0 Å². The Hall–Kier alpha value is -2.14. The number of para-hydroxylation sites is 1. The van der Waals surface area contributed by atoms with E-state index in [1.54, 1.807) is 17.9 Å². The molecule has 120 valence electrons. The van der Waals surface area contributed by atoms with Gasteiger partial charge in [-0.15, -0.1) is 11.3 Å². The summed E-state index contributed by atoms with van der Waals surface area (Å²) in [5, 5.41) is 0. The molecular formula is C18H19NO3S. The predicted octanol–water partition coefficient (Wildman–Crippen LogP) is 3.58. The van der Waals surface area contributed by atoms with E-state index in [9.17, 15) is 9.59 Å². The standard InChI is InChI=1S/C18H19NO3S/c1-11-10-14-6-4-5-7-15(14)19(11)17(20)13(3)22-18(21)16-9-8-12(2)23-16/h4-9,11,13H,10H2,1-3H3/t11-,13-/m1/s1. The second-order valence-electron chi connectivity index (χ2n) is 5.85. The van der Waals surface area contributed by atoms with E-state index in [-0.39, 0.29) is 11.9 Å². The second kappa shape index (κ2) is 6.16. The number of esters is 1. The van der Waals surface area contributed by atoms with E-state index in [1.807, 2.05) is 44.2 Å². The van der Waals surface area contributed by atoms with Gasteiger partial charge >= 0.3 is 5.97 Å². The molecule has 1 amide bonds. The molecule has 2 heterocycles. The number of carbonyl (C=O) groups is 2. The molecule has 0 spiro atoms. The summed E-state index contributed by atoms with van der Waals surface area (Å²) in [7, 11) is 0. The second-order valence-corrected chi connectivity index (χ2v) is 7.14. The Kier molecular flexibility index (Phi) is 4.22. The smallest absolute Gasteiger partial charge is 0.349 e. The summed E-state index contributed by atoms with van der Waals surface area (Å²) in [4.78, 5) is 28.2. The molecule has 0 N–H and O–H groups in total. The van der Waals surface area contributed by atoms with E-state index >= 15 is 0 Å². The molecule has 0 radical (unpaired) electrons. The lowest BCUT2D eigenvalue weighted by molar-refractivity contribution is -0.126. The Balaban J connectivity index is 1.74. The SMILES string of the molecule is Cc1ccc(C(=O)O[C@H](C)C(=O)N2c3ccccc3C[C@H]2C)s1. The van der Waals surface area contributed by atoms with Crippen LogP contribution in [0.15, 0.2) is 36.4 Å². The topological polar surface area (TPSA) is 46.6 Å². The number of hydrogen-bond donors (Lipinski definition) is 0. The first kappa shape index (κ1) is 15.7. The zero-order valence-corrected chi connectivity index (χ0v) is 14.2. The van der Waals surface area contributed by atoms with Gasteiger partial charge in [0.25, 0.3) is 5.91 Å². The highest BCUT2D eigenvalue weighted by molar-refractivity contribution is 7.13. The number of aryl methyl sites for hydroxylation is 1. The van der Waals surface area contributed by atoms with Gasteiger partial charge in [-0.1, -0.05) is 18.2 Å². The molecule has 1 aromatic heterocycles. The fraction of sp³-hybridized carbons (Fsp3) is 0.333. The Bertz CT molecular complexity index is 752. The number of fused-ring (bicyclic) bond motifs is 1. The van der Waals surface area contributed by atoms with Gasteiger partial charge in [0.15, 0.2) is 6.10 Å². The average molecular weight is 329 g/mol. The molecule has 23 heavy (non-hydrogen) atoms. The molecule has 0 bridgehead atoms. The van der Waals surface area contributed by atoms with Crippen molar-refractivity contribution < 1.29 is 14.3 Å². The van der Waals surface area contributed by atoms with Gasteiger partial charge in [0, 0.05) is 16.6 Å². The fourth-order valence-electron chi connectivity index (χ4n) is 2.91. The van der Waals surface area contributed by atoms with Crippen molar-refractivity contribution in [2.45, 2.75) is 39.3 Å². The maximum Gasteiger partial charge on any atom is 0.349 e. The minimum atomic E-state index is -0.807. The van der Waals surface area contributed by atoms with Crippen LogP contribution in [0.25, 0.3) is 0 Å². The molecule has 2 aromatic rings. The van der Waals surface area contributed by atoms with Crippen LogP contribution in [0.1, 0.15) is 34.0 Å². The van der Waals surface area contributed by atoms with Crippen molar-refractivity contribution in [2.24, 2.45) is 0 Å². The molecule has 0 fully saturated rings. The predicted molar refractivity (Wildman–Crippen MR) is 91.0 cm³/mol. The van der Waals surface area contributed by atoms with Crippen LogP contribution >= 0.6 is 11.3 Å². The van der Waals surface area contributed by atoms with Crippen LogP contribution in [-0.4, -0.2) is 24.0 Å². The molecule has 0 unspecified atom stereocenters. The van der Waals surface area contributed by atoms with Crippen molar-refractivity contribution in [3.8, 4) is 0 Å². The van der Waals surface area contributed by atoms with Crippen LogP contribution in [0.5, 0.6) is 0 Å². The van der Waals surface area contributed by atoms with Gasteiger partial charge in [-0.05, 0) is 51.0 Å². The molecule has 0 saturated carbocycles. The third-order valence-electron chi connectivity index (χ3n) is 4.02. The molecule has 3 rings (SSSR count). The van der Waals surface area contributed by atoms with Crippen LogP contribution in [0.3, 0.4) is 0 Å². The molecular weight excluding hydrogens is 310 g/mol. The van der Waals surface area contributed by atoms with Gasteiger partial charge in [-0.3, -0.25) is 4.79 Å². The van der Waals surface area contributed by atoms with Crippen molar-refractivity contribution in [2.75, 3.05) is 4.90 Å². The number of thiophene rings is 1. The summed E-state index contributed by atoms with van der Waals surface area (Å²) >= 11 is 1.37. The molecule has 1 aliphatic rings. The van der Waals surface area contributed by atoms with Crippen molar-refractivity contribution in [3.05, 3.63) is 51.7 Å². The van der Waals surface area contributed by atoms with Gasteiger partial charge in [-0.2, -0.15) is 0 Å². The molecule has 1 aliphatic heterocycles. The van der Waals surface area contributed by atoms with Crippen LogP contribution in [-0.2, 0) is 16.0 Å². The maximum atomic E-state index is 12.7. The Morgan fingerprint density at radius 1 is 1.26 bits per heavy atom. The van der Waals surface area contributed by atoms with Crippen LogP contribution in [0, 0.1) is 6.92 Å². The monoisotopic (exact) mass is 329 g/mol. The van der Waals surface area contributed by atoms with Gasteiger partial charge < -0.3 is 9.64 Å². The normalized spacial score (nSPS) is 17.7. The third kappa shape index (κ3) is 3.01. The molecule has 4 nitrogen and oxygen atoms in total. The Labute approximate surface area is 139 Å². The number of ether oxygens (including phenoxy) is 1. The zero-order valence-electron chi connectivity index (χ0n) is 13.4. The minimum Gasteiger partial charge on any atom is -0.448 e. The number of carbonyl (C=O) groups excluding carboxylic acids is 2. The highest BCUT2D eigenvalue weighted by Crippen LogP contribution is 2.32. The first-order chi connectivity index (χ1) is 11.0. The highest BCUT2D eigenvalue weighted by Gasteiger charge is 2.34. The van der Waals surface area contributed by atoms with Gasteiger partial charge in [-0.25, -0.2) is 4.79 Å². The van der Waals surface area contributed by atoms with Crippen molar-refractivity contribution in [3.63, 3.8) is 0 Å². The average Bonchev–Trinajstić information content (AvgIpc) is 3.09. The highest BCUT2D eigenvalue weighted by atomic mass is 32.1. The lowest BCUT2D eigenvalue weighted by Crippen LogP contribution is -2.43. The summed E-state index contributed by atoms with van der Waals surface area (Å²) in [6.07, 6.45) is 0.0192. The summed E-state index contributed by atoms with van der Waals surface area (Å²) < 4.78 is 5.37. The Morgan fingerprint density at radius 3 is 2.70 bits per heavy atom. The number of anilines is 1. The van der Waals surface area contributed by atoms with E-state index < -0.39 is 12.1 Å². The fourth-order valence-corrected chi connectivity index (χ4v) is 3.66. The number of hydrogen-bond acceptors (Lipinski definition) is 4. The lowest BCUT2D eigenvalue weighted by Gasteiger charge is -2.25. The van der Waals surface area contributed by atoms with Crippen LogP contribution in [0.2, 0.25) is 0 Å². The molecule has 1 aromatic carbocycles. The largest absolute Gasteiger partial charge is 0.448 e. The number of rotatable bonds is 3. The third-order valence-corrected chi connectivity index (χ3v) is 5.00. The molecule has 5 heteroatoms. The quantitative estimate of drug-likeness (QED) is 0.809. The first-order valence-corrected chi connectivity index (χ1v) is 8.47. The van der Waals surface area contributed by atoms with E-state index in [1.165, 1.54) is 11.3 Å². The van der Waals surface area contributed by atoms with E-state index in [0.717, 1.165) is 22.5 Å². The van der Waals surface area contributed by atoms with Gasteiger partial charge in [0.1, 0.15) is 4.88 Å². The van der Waals surface area contributed by atoms with Crippen LogP contribution in [0.4, 0.5) is 5.69 Å². The lowest BCUT2D eigenvalue weighted by atomic mass is 10.1. The van der Waals surface area contributed by atoms with E-state index in [0.29, 0.717) is 4.88 Å². The van der Waals surface area contributed by atoms with Crippen molar-refractivity contribution >= 4 is 28.9 Å². The molecule has 2 atom stereocenters. The molecule has 0 saturated heterocycles. The maximum absolute atomic E-state index is 12.7. The van der Waals surface area contributed by atoms with E-state index in [4.69, 9.17) is 4.74 Å². The Morgan fingerprint density at radius 2 is 2.00 bits per heavy atom. The number of benzene rings is 1. The summed E-state index contributed by atoms with van der Waals surface area (Å²) in [6, 6.07) is 11.5. The summed E-state index contributed by atoms with van der Waals surface area (Å²) in [5.74, 6) is -0.617. The van der Waals surface area contributed by atoms with Gasteiger partial charge in [0.05, 0.1) is 0 Å². The van der Waals surface area contributed by atoms with Crippen LogP contribution < -0.4 is 4.90 Å². The summed E-state index contributed by atoms with van der Waals surface area (Å²) in [6.45, 7) is 5.57. The zero-order chi connectivity index (χ0) is 16.6. The summed E-state index contributed by atoms with van der Waals surface area (Å²) in [5.41, 5.74) is 2.07. The number of nitrogens with zero attached hydrogens (tertiary/aromatic N) is 1. The molecule has 0 aliphatic carbocycles. The van der Waals surface area contributed by atoms with Crippen molar-refractivity contribution in [1.82, 2.24) is 0 Å². The van der Waals surface area contributed by atoms with Gasteiger partial charge in [0.2, 0.25) is 0 Å². The minimum absolute atomic E-state index is 0.0741. The first-order valence-electron chi connectivity index (χ1n) is 7.65. The number of amides is 1.